The summed E-state index contributed by atoms with van der Waals surface area (Å²) < 4.78 is 64.5. The molecule has 0 fully saturated rings. The summed E-state index contributed by atoms with van der Waals surface area (Å²) in [5.41, 5.74) is 0.141. The monoisotopic (exact) mass is 476 g/mol. The molecule has 2 aromatic rings. The molecule has 1 aromatic carbocycles. The number of sulfone groups is 1. The summed E-state index contributed by atoms with van der Waals surface area (Å²) in [6.45, 7) is 0.735. The third kappa shape index (κ3) is 7.36. The lowest BCUT2D eigenvalue weighted by molar-refractivity contribution is 0.102. The second-order valence-electron chi connectivity index (χ2n) is 6.44. The maximum absolute atomic E-state index is 12.9. The van der Waals surface area contributed by atoms with Crippen LogP contribution in [0.3, 0.4) is 0 Å². The zero-order valence-electron chi connectivity index (χ0n) is 17.3. The third-order valence-electron chi connectivity index (χ3n) is 3.92. The highest BCUT2D eigenvalue weighted by atomic mass is 32.2. The van der Waals surface area contributed by atoms with Crippen LogP contribution in [0.5, 0.6) is 0 Å². The van der Waals surface area contributed by atoms with Crippen LogP contribution < -0.4 is 5.32 Å². The van der Waals surface area contributed by atoms with Crippen LogP contribution in [0, 0.1) is 0 Å². The Bertz CT molecular complexity index is 1070. The molecule has 1 heterocycles. The Morgan fingerprint density at radius 3 is 2.13 bits per heavy atom. The number of sulfonamides is 1. The molecule has 14 heteroatoms. The van der Waals surface area contributed by atoms with Crippen LogP contribution in [0.4, 0.5) is 6.01 Å². The van der Waals surface area contributed by atoms with E-state index in [-0.39, 0.29) is 48.7 Å². The molecule has 1 aromatic heterocycles. The number of rotatable bonds is 12. The minimum atomic E-state index is -3.82. The van der Waals surface area contributed by atoms with Crippen molar-refractivity contribution >= 4 is 31.8 Å². The Morgan fingerprint density at radius 1 is 1.03 bits per heavy atom. The molecule has 0 aliphatic carbocycles. The number of aromatic nitrogens is 2. The quantitative estimate of drug-likeness (QED) is 0.447. The average Bonchev–Trinajstić information content (AvgIpc) is 3.12. The molecule has 2 rings (SSSR count). The number of hydrogen-bond acceptors (Lipinski definition) is 10. The van der Waals surface area contributed by atoms with Gasteiger partial charge < -0.3 is 13.9 Å². The second-order valence-corrected chi connectivity index (χ2v) is 10.5. The number of nitrogens with one attached hydrogen (secondary N) is 1. The molecule has 12 nitrogen and oxygen atoms in total. The second kappa shape index (κ2) is 10.8. The van der Waals surface area contributed by atoms with Crippen molar-refractivity contribution in [3.05, 3.63) is 35.7 Å². The molecule has 172 valence electrons. The molecule has 1 N–H and O–H groups in total. The van der Waals surface area contributed by atoms with Crippen molar-refractivity contribution in [2.75, 3.05) is 52.1 Å². The lowest BCUT2D eigenvalue weighted by Crippen LogP contribution is -2.36. The molecule has 0 aliphatic rings. The molecular formula is C17H24N4O8S2. The standard InChI is InChI=1S/C17H24N4O8S2/c1-27-10-8-21(9-11-28-2)31(25,26)14-6-4-13(5-7-14)16(22)18-17-20-19-15(29-17)12-30(3,23)24/h4-7H,8-12H2,1-3H3,(H,18,20,22). The van der Waals surface area contributed by atoms with Gasteiger partial charge in [0.25, 0.3) is 5.91 Å². The predicted octanol–water partition coefficient (Wildman–Crippen LogP) is 0.150. The minimum Gasteiger partial charge on any atom is -0.407 e. The topological polar surface area (TPSA) is 158 Å². The lowest BCUT2D eigenvalue weighted by atomic mass is 10.2. The fourth-order valence-corrected chi connectivity index (χ4v) is 4.39. The van der Waals surface area contributed by atoms with Gasteiger partial charge >= 0.3 is 6.01 Å². The Hall–Kier alpha value is -2.39. The van der Waals surface area contributed by atoms with Crippen LogP contribution in [-0.2, 0) is 35.1 Å². The molecule has 0 atom stereocenters. The zero-order valence-corrected chi connectivity index (χ0v) is 18.9. The van der Waals surface area contributed by atoms with Crippen molar-refractivity contribution in [1.82, 2.24) is 14.5 Å². The van der Waals surface area contributed by atoms with E-state index in [0.29, 0.717) is 0 Å². The van der Waals surface area contributed by atoms with Gasteiger partial charge in [-0.25, -0.2) is 16.8 Å². The molecule has 0 bridgehead atoms. The van der Waals surface area contributed by atoms with Gasteiger partial charge in [0.05, 0.1) is 18.1 Å². The highest BCUT2D eigenvalue weighted by Gasteiger charge is 2.24. The summed E-state index contributed by atoms with van der Waals surface area (Å²) in [6.07, 6.45) is 1.01. The first-order valence-corrected chi connectivity index (χ1v) is 12.5. The molecule has 1 amide bonds. The molecule has 0 saturated carbocycles. The van der Waals surface area contributed by atoms with Gasteiger partial charge in [0.15, 0.2) is 9.84 Å². The van der Waals surface area contributed by atoms with E-state index in [0.717, 1.165) is 6.26 Å². The Labute approximate surface area is 180 Å². The van der Waals surface area contributed by atoms with E-state index >= 15 is 0 Å². The van der Waals surface area contributed by atoms with Crippen molar-refractivity contribution in [2.45, 2.75) is 10.6 Å². The molecule has 0 unspecified atom stereocenters. The van der Waals surface area contributed by atoms with Gasteiger partial charge in [-0.3, -0.25) is 10.1 Å². The number of nitrogens with zero attached hydrogens (tertiary/aromatic N) is 3. The Kier molecular flexibility index (Phi) is 8.64. The predicted molar refractivity (Wildman–Crippen MR) is 110 cm³/mol. The number of benzene rings is 1. The molecule has 0 radical (unpaired) electrons. The van der Waals surface area contributed by atoms with Crippen molar-refractivity contribution in [3.8, 4) is 0 Å². The molecule has 0 spiro atoms. The number of anilines is 1. The summed E-state index contributed by atoms with van der Waals surface area (Å²) in [4.78, 5) is 12.3. The van der Waals surface area contributed by atoms with E-state index in [2.05, 4.69) is 15.5 Å². The van der Waals surface area contributed by atoms with Crippen molar-refractivity contribution < 1.29 is 35.5 Å². The van der Waals surface area contributed by atoms with E-state index in [9.17, 15) is 21.6 Å². The fraction of sp³-hybridized carbons (Fsp3) is 0.471. The first kappa shape index (κ1) is 24.9. The van der Waals surface area contributed by atoms with Crippen LogP contribution in [0.25, 0.3) is 0 Å². The summed E-state index contributed by atoms with van der Waals surface area (Å²) in [7, 11) is -4.24. The summed E-state index contributed by atoms with van der Waals surface area (Å²) in [5, 5.41) is 9.45. The van der Waals surface area contributed by atoms with Crippen molar-refractivity contribution in [2.24, 2.45) is 0 Å². The molecule has 0 saturated heterocycles. The summed E-state index contributed by atoms with van der Waals surface area (Å²) in [5.74, 6) is -1.24. The first-order valence-electron chi connectivity index (χ1n) is 8.96. The number of carbonyl (C=O) groups is 1. The largest absolute Gasteiger partial charge is 0.407 e. The van der Waals surface area contributed by atoms with Gasteiger partial charge in [0, 0.05) is 39.1 Å². The van der Waals surface area contributed by atoms with Crippen LogP contribution in [0.2, 0.25) is 0 Å². The van der Waals surface area contributed by atoms with Crippen molar-refractivity contribution in [3.63, 3.8) is 0 Å². The van der Waals surface area contributed by atoms with Crippen LogP contribution in [0.1, 0.15) is 16.2 Å². The highest BCUT2D eigenvalue weighted by molar-refractivity contribution is 7.89. The smallest absolute Gasteiger partial charge is 0.322 e. The first-order chi connectivity index (χ1) is 14.6. The van der Waals surface area contributed by atoms with E-state index in [1.165, 1.54) is 42.8 Å². The average molecular weight is 477 g/mol. The summed E-state index contributed by atoms with van der Waals surface area (Å²) >= 11 is 0. The van der Waals surface area contributed by atoms with Crippen molar-refractivity contribution in [1.29, 1.82) is 0 Å². The lowest BCUT2D eigenvalue weighted by Gasteiger charge is -2.21. The van der Waals surface area contributed by atoms with Gasteiger partial charge in [-0.05, 0) is 24.3 Å². The Morgan fingerprint density at radius 2 is 1.61 bits per heavy atom. The number of ether oxygens (including phenoxy) is 2. The molecule has 0 aliphatic heterocycles. The van der Waals surface area contributed by atoms with E-state index in [1.54, 1.807) is 0 Å². The van der Waals surface area contributed by atoms with Gasteiger partial charge in [0.2, 0.25) is 15.9 Å². The maximum atomic E-state index is 12.9. The van der Waals surface area contributed by atoms with Gasteiger partial charge in [0.1, 0.15) is 5.75 Å². The van der Waals surface area contributed by atoms with E-state index < -0.39 is 31.5 Å². The van der Waals surface area contributed by atoms with Crippen LogP contribution >= 0.6 is 0 Å². The minimum absolute atomic E-state index is 0.00415. The fourth-order valence-electron chi connectivity index (χ4n) is 2.42. The Balaban J connectivity index is 2.11. The molecular weight excluding hydrogens is 452 g/mol. The number of amides is 1. The number of hydrogen-bond donors (Lipinski definition) is 1. The maximum Gasteiger partial charge on any atom is 0.322 e. The van der Waals surface area contributed by atoms with Gasteiger partial charge in [-0.15, -0.1) is 5.10 Å². The molecule has 31 heavy (non-hydrogen) atoms. The normalized spacial score (nSPS) is 12.3. The SMILES string of the molecule is COCCN(CCOC)S(=O)(=O)c1ccc(C(=O)Nc2nnc(CS(C)(=O)=O)o2)cc1. The number of carbonyl (C=O) groups excluding carboxylic acids is 1. The summed E-state index contributed by atoms with van der Waals surface area (Å²) in [6, 6.07) is 5.01. The number of methoxy groups -OCH3 is 2. The van der Waals surface area contributed by atoms with Gasteiger partial charge in [-0.2, -0.15) is 4.31 Å². The van der Waals surface area contributed by atoms with Crippen LogP contribution in [-0.4, -0.2) is 84.0 Å². The van der Waals surface area contributed by atoms with Gasteiger partial charge in [-0.1, -0.05) is 5.10 Å². The van der Waals surface area contributed by atoms with Crippen LogP contribution in [0.15, 0.2) is 33.6 Å². The van der Waals surface area contributed by atoms with E-state index in [1.807, 2.05) is 0 Å². The third-order valence-corrected chi connectivity index (χ3v) is 6.60. The zero-order chi connectivity index (χ0) is 23.1. The highest BCUT2D eigenvalue weighted by Crippen LogP contribution is 2.17. The van der Waals surface area contributed by atoms with E-state index in [4.69, 9.17) is 13.9 Å².